The Kier molecular flexibility index (Phi) is 5.26. The first kappa shape index (κ1) is 13.5. The van der Waals surface area contributed by atoms with Crippen molar-refractivity contribution in [1.29, 1.82) is 0 Å². The molecule has 0 aromatic carbocycles. The summed E-state index contributed by atoms with van der Waals surface area (Å²) in [4.78, 5) is 11.9. The molecule has 1 aliphatic heterocycles. The van der Waals surface area contributed by atoms with Crippen molar-refractivity contribution < 1.29 is 4.79 Å². The number of carbonyl (C=O) groups excluding carboxylic acids is 1. The lowest BCUT2D eigenvalue weighted by Crippen LogP contribution is -2.46. The fraction of sp³-hybridized carbons (Fsp3) is 0.923. The second-order valence-corrected chi connectivity index (χ2v) is 5.23. The molecule has 1 rings (SSSR count). The first-order valence-electron chi connectivity index (χ1n) is 6.61. The van der Waals surface area contributed by atoms with E-state index in [1.54, 1.807) is 0 Å². The van der Waals surface area contributed by atoms with Crippen molar-refractivity contribution in [2.45, 2.75) is 58.4 Å². The SMILES string of the molecule is CCC(C)(CC)NC(=O)CC1CCCNC1. The first-order chi connectivity index (χ1) is 7.59. The average Bonchev–Trinajstić information content (AvgIpc) is 2.30. The number of hydrogen-bond acceptors (Lipinski definition) is 2. The van der Waals surface area contributed by atoms with Gasteiger partial charge in [-0.25, -0.2) is 0 Å². The lowest BCUT2D eigenvalue weighted by Gasteiger charge is -2.30. The van der Waals surface area contributed by atoms with Crippen LogP contribution in [0.2, 0.25) is 0 Å². The summed E-state index contributed by atoms with van der Waals surface area (Å²) in [6.45, 7) is 8.50. The van der Waals surface area contributed by atoms with E-state index < -0.39 is 0 Å². The summed E-state index contributed by atoms with van der Waals surface area (Å²) in [5, 5.41) is 6.52. The summed E-state index contributed by atoms with van der Waals surface area (Å²) in [5.74, 6) is 0.756. The van der Waals surface area contributed by atoms with Gasteiger partial charge in [-0.05, 0) is 51.6 Å². The van der Waals surface area contributed by atoms with Gasteiger partial charge in [0.2, 0.25) is 5.91 Å². The minimum absolute atomic E-state index is 0.0147. The third kappa shape index (κ3) is 4.12. The molecular weight excluding hydrogens is 200 g/mol. The number of nitrogens with one attached hydrogen (secondary N) is 2. The van der Waals surface area contributed by atoms with Crippen LogP contribution in [0.4, 0.5) is 0 Å². The van der Waals surface area contributed by atoms with Crippen molar-refractivity contribution in [2.24, 2.45) is 5.92 Å². The van der Waals surface area contributed by atoms with Gasteiger partial charge in [0.15, 0.2) is 0 Å². The lowest BCUT2D eigenvalue weighted by molar-refractivity contribution is -0.124. The fourth-order valence-electron chi connectivity index (χ4n) is 2.17. The zero-order valence-electron chi connectivity index (χ0n) is 10.9. The average molecular weight is 226 g/mol. The second kappa shape index (κ2) is 6.24. The third-order valence-corrected chi connectivity index (χ3v) is 3.87. The normalized spacial score (nSPS) is 21.8. The first-order valence-corrected chi connectivity index (χ1v) is 6.61. The van der Waals surface area contributed by atoms with E-state index in [1.165, 1.54) is 12.8 Å². The van der Waals surface area contributed by atoms with E-state index in [0.29, 0.717) is 12.3 Å². The predicted molar refractivity (Wildman–Crippen MR) is 67.3 cm³/mol. The van der Waals surface area contributed by atoms with E-state index in [0.717, 1.165) is 25.9 Å². The topological polar surface area (TPSA) is 41.1 Å². The molecule has 94 valence electrons. The summed E-state index contributed by atoms with van der Waals surface area (Å²) >= 11 is 0. The number of piperidine rings is 1. The fourth-order valence-corrected chi connectivity index (χ4v) is 2.17. The summed E-state index contributed by atoms with van der Waals surface area (Å²) in [5.41, 5.74) is -0.0147. The molecule has 0 bridgehead atoms. The van der Waals surface area contributed by atoms with Crippen molar-refractivity contribution in [1.82, 2.24) is 10.6 Å². The van der Waals surface area contributed by atoms with Gasteiger partial charge in [-0.1, -0.05) is 13.8 Å². The lowest BCUT2D eigenvalue weighted by atomic mass is 9.92. The predicted octanol–water partition coefficient (Wildman–Crippen LogP) is 2.07. The van der Waals surface area contributed by atoms with Crippen LogP contribution in [0, 0.1) is 5.92 Å². The Balaban J connectivity index is 2.34. The molecule has 0 saturated carbocycles. The Morgan fingerprint density at radius 1 is 1.44 bits per heavy atom. The maximum absolute atomic E-state index is 11.9. The Morgan fingerprint density at radius 2 is 2.12 bits per heavy atom. The Bertz CT molecular complexity index is 218. The molecule has 0 aliphatic carbocycles. The van der Waals surface area contributed by atoms with E-state index in [1.807, 2.05) is 0 Å². The zero-order valence-corrected chi connectivity index (χ0v) is 10.9. The van der Waals surface area contributed by atoms with Gasteiger partial charge >= 0.3 is 0 Å². The van der Waals surface area contributed by atoms with Crippen molar-refractivity contribution in [3.8, 4) is 0 Å². The van der Waals surface area contributed by atoms with Crippen LogP contribution in [0.5, 0.6) is 0 Å². The molecular formula is C13H26N2O. The molecule has 0 spiro atoms. The molecule has 1 heterocycles. The molecule has 1 saturated heterocycles. The summed E-state index contributed by atoms with van der Waals surface area (Å²) in [6, 6.07) is 0. The van der Waals surface area contributed by atoms with Crippen LogP contribution < -0.4 is 10.6 Å². The number of rotatable bonds is 5. The van der Waals surface area contributed by atoms with Gasteiger partial charge in [0.05, 0.1) is 0 Å². The molecule has 3 nitrogen and oxygen atoms in total. The standard InChI is InChI=1S/C13H26N2O/c1-4-13(3,5-2)15-12(16)9-11-7-6-8-14-10-11/h11,14H,4-10H2,1-3H3,(H,15,16). The van der Waals surface area contributed by atoms with Crippen LogP contribution in [-0.2, 0) is 4.79 Å². The van der Waals surface area contributed by atoms with Gasteiger partial charge in [0.1, 0.15) is 0 Å². The summed E-state index contributed by atoms with van der Waals surface area (Å²) < 4.78 is 0. The van der Waals surface area contributed by atoms with Gasteiger partial charge in [0, 0.05) is 12.0 Å². The van der Waals surface area contributed by atoms with Crippen molar-refractivity contribution in [2.75, 3.05) is 13.1 Å². The molecule has 1 aliphatic rings. The van der Waals surface area contributed by atoms with Crippen LogP contribution in [0.25, 0.3) is 0 Å². The minimum Gasteiger partial charge on any atom is -0.351 e. The van der Waals surface area contributed by atoms with Gasteiger partial charge in [-0.2, -0.15) is 0 Å². The summed E-state index contributed by atoms with van der Waals surface area (Å²) in [7, 11) is 0. The molecule has 0 aromatic rings. The molecule has 1 atom stereocenters. The minimum atomic E-state index is -0.0147. The maximum Gasteiger partial charge on any atom is 0.220 e. The maximum atomic E-state index is 11.9. The highest BCUT2D eigenvalue weighted by molar-refractivity contribution is 5.77. The second-order valence-electron chi connectivity index (χ2n) is 5.23. The van der Waals surface area contributed by atoms with Crippen LogP contribution in [0.1, 0.15) is 52.9 Å². The van der Waals surface area contributed by atoms with Crippen molar-refractivity contribution in [3.63, 3.8) is 0 Å². The molecule has 2 N–H and O–H groups in total. The Morgan fingerprint density at radius 3 is 2.62 bits per heavy atom. The van der Waals surface area contributed by atoms with E-state index >= 15 is 0 Å². The summed E-state index contributed by atoms with van der Waals surface area (Å²) in [6.07, 6.45) is 5.07. The molecule has 0 aromatic heterocycles. The van der Waals surface area contributed by atoms with Gasteiger partial charge in [0.25, 0.3) is 0 Å². The van der Waals surface area contributed by atoms with Gasteiger partial charge < -0.3 is 10.6 Å². The van der Waals surface area contributed by atoms with Crippen LogP contribution in [0.15, 0.2) is 0 Å². The highest BCUT2D eigenvalue weighted by Crippen LogP contribution is 2.17. The number of amides is 1. The van der Waals surface area contributed by atoms with Crippen molar-refractivity contribution >= 4 is 5.91 Å². The zero-order chi connectivity index (χ0) is 12.0. The van der Waals surface area contributed by atoms with Gasteiger partial charge in [-0.3, -0.25) is 4.79 Å². The molecule has 3 heteroatoms. The van der Waals surface area contributed by atoms with Crippen LogP contribution in [0.3, 0.4) is 0 Å². The quantitative estimate of drug-likeness (QED) is 0.753. The monoisotopic (exact) mass is 226 g/mol. The highest BCUT2D eigenvalue weighted by Gasteiger charge is 2.24. The molecule has 1 unspecified atom stereocenters. The number of hydrogen-bond donors (Lipinski definition) is 2. The van der Waals surface area contributed by atoms with Gasteiger partial charge in [-0.15, -0.1) is 0 Å². The van der Waals surface area contributed by atoms with Crippen molar-refractivity contribution in [3.05, 3.63) is 0 Å². The molecule has 0 radical (unpaired) electrons. The Labute approximate surface area is 99.4 Å². The van der Waals surface area contributed by atoms with E-state index in [-0.39, 0.29) is 11.4 Å². The Hall–Kier alpha value is -0.570. The molecule has 16 heavy (non-hydrogen) atoms. The van der Waals surface area contributed by atoms with Crippen LogP contribution >= 0.6 is 0 Å². The smallest absolute Gasteiger partial charge is 0.220 e. The molecule has 1 fully saturated rings. The highest BCUT2D eigenvalue weighted by atomic mass is 16.1. The third-order valence-electron chi connectivity index (χ3n) is 3.87. The van der Waals surface area contributed by atoms with E-state index in [4.69, 9.17) is 0 Å². The molecule has 1 amide bonds. The van der Waals surface area contributed by atoms with E-state index in [9.17, 15) is 4.79 Å². The van der Waals surface area contributed by atoms with Crippen LogP contribution in [-0.4, -0.2) is 24.5 Å². The largest absolute Gasteiger partial charge is 0.351 e. The number of carbonyl (C=O) groups is 1. The van der Waals surface area contributed by atoms with E-state index in [2.05, 4.69) is 31.4 Å².